The molecular weight excluding hydrogens is 245 g/mol. The van der Waals surface area contributed by atoms with E-state index in [1.165, 1.54) is 6.07 Å². The second-order valence-corrected chi connectivity index (χ2v) is 4.90. The van der Waals surface area contributed by atoms with Gasteiger partial charge < -0.3 is 15.5 Å². The normalized spacial score (nSPS) is 12.5. The number of rotatable bonds is 7. The summed E-state index contributed by atoms with van der Waals surface area (Å²) < 4.78 is 13.3. The van der Waals surface area contributed by atoms with Crippen molar-refractivity contribution in [1.29, 1.82) is 0 Å². The van der Waals surface area contributed by atoms with Crippen LogP contribution in [0.2, 0.25) is 0 Å². The molecule has 1 amide bonds. The third kappa shape index (κ3) is 6.31. The first-order chi connectivity index (χ1) is 8.99. The molecular formula is C14H22FN3O. The minimum atomic E-state index is -0.420. The lowest BCUT2D eigenvalue weighted by molar-refractivity contribution is -0.115. The molecule has 1 aromatic rings. The first-order valence-electron chi connectivity index (χ1n) is 6.41. The van der Waals surface area contributed by atoms with Gasteiger partial charge in [-0.1, -0.05) is 12.1 Å². The minimum Gasteiger partial charge on any atom is -0.322 e. The van der Waals surface area contributed by atoms with E-state index >= 15 is 0 Å². The Labute approximate surface area is 114 Å². The highest BCUT2D eigenvalue weighted by Gasteiger charge is 2.08. The number of carbonyl (C=O) groups excluding carboxylic acids is 1. The molecule has 1 unspecified atom stereocenters. The molecule has 0 saturated carbocycles. The number of carbonyl (C=O) groups is 1. The molecule has 106 valence electrons. The average Bonchev–Trinajstić information content (AvgIpc) is 2.36. The van der Waals surface area contributed by atoms with Crippen molar-refractivity contribution in [2.45, 2.75) is 19.4 Å². The van der Waals surface area contributed by atoms with Crippen molar-refractivity contribution in [1.82, 2.24) is 10.2 Å². The Balaban J connectivity index is 2.30. The SMILES string of the molecule is CC(CCN(C)C)NCC(=O)Nc1ccccc1F. The van der Waals surface area contributed by atoms with E-state index in [1.807, 2.05) is 21.0 Å². The summed E-state index contributed by atoms with van der Waals surface area (Å²) in [6.45, 7) is 3.17. The summed E-state index contributed by atoms with van der Waals surface area (Å²) in [6.07, 6.45) is 0.958. The summed E-state index contributed by atoms with van der Waals surface area (Å²) in [5, 5.41) is 5.66. The van der Waals surface area contributed by atoms with Gasteiger partial charge in [0.05, 0.1) is 12.2 Å². The van der Waals surface area contributed by atoms with Crippen molar-refractivity contribution in [3.63, 3.8) is 0 Å². The zero-order valence-electron chi connectivity index (χ0n) is 11.7. The van der Waals surface area contributed by atoms with E-state index in [0.29, 0.717) is 0 Å². The fourth-order valence-electron chi connectivity index (χ4n) is 1.58. The molecule has 0 aliphatic carbocycles. The Morgan fingerprint density at radius 2 is 2.05 bits per heavy atom. The van der Waals surface area contributed by atoms with Gasteiger partial charge >= 0.3 is 0 Å². The van der Waals surface area contributed by atoms with Crippen molar-refractivity contribution < 1.29 is 9.18 Å². The van der Waals surface area contributed by atoms with E-state index in [-0.39, 0.29) is 24.2 Å². The van der Waals surface area contributed by atoms with Crippen LogP contribution in [0.4, 0.5) is 10.1 Å². The standard InChI is InChI=1S/C14H22FN3O/c1-11(8-9-18(2)3)16-10-14(19)17-13-7-5-4-6-12(13)15/h4-7,11,16H,8-10H2,1-3H3,(H,17,19). The number of hydrogen-bond acceptors (Lipinski definition) is 3. The number of benzene rings is 1. The fourth-order valence-corrected chi connectivity index (χ4v) is 1.58. The van der Waals surface area contributed by atoms with Crippen LogP contribution in [-0.4, -0.2) is 44.0 Å². The molecule has 0 fully saturated rings. The maximum atomic E-state index is 13.3. The second-order valence-electron chi connectivity index (χ2n) is 4.90. The molecule has 0 radical (unpaired) electrons. The maximum absolute atomic E-state index is 13.3. The smallest absolute Gasteiger partial charge is 0.238 e. The lowest BCUT2D eigenvalue weighted by Gasteiger charge is -2.16. The predicted octanol–water partition coefficient (Wildman–Crippen LogP) is 1.69. The lowest BCUT2D eigenvalue weighted by atomic mass is 10.2. The van der Waals surface area contributed by atoms with E-state index in [1.54, 1.807) is 18.2 Å². The van der Waals surface area contributed by atoms with Gasteiger partial charge in [0.25, 0.3) is 0 Å². The number of anilines is 1. The third-order valence-corrected chi connectivity index (χ3v) is 2.77. The van der Waals surface area contributed by atoms with Crippen LogP contribution in [-0.2, 0) is 4.79 Å². The summed E-state index contributed by atoms with van der Waals surface area (Å²) in [6, 6.07) is 6.39. The molecule has 4 nitrogen and oxygen atoms in total. The van der Waals surface area contributed by atoms with Crippen molar-refractivity contribution in [3.05, 3.63) is 30.1 Å². The highest BCUT2D eigenvalue weighted by Crippen LogP contribution is 2.11. The molecule has 5 heteroatoms. The number of para-hydroxylation sites is 1. The Kier molecular flexibility index (Phi) is 6.45. The van der Waals surface area contributed by atoms with Crippen LogP contribution in [0.3, 0.4) is 0 Å². The van der Waals surface area contributed by atoms with Crippen molar-refractivity contribution >= 4 is 11.6 Å². The highest BCUT2D eigenvalue weighted by molar-refractivity contribution is 5.92. The van der Waals surface area contributed by atoms with Gasteiger partial charge in [0.15, 0.2) is 0 Å². The first-order valence-corrected chi connectivity index (χ1v) is 6.41. The van der Waals surface area contributed by atoms with Crippen LogP contribution in [0.5, 0.6) is 0 Å². The summed E-state index contributed by atoms with van der Waals surface area (Å²) in [5.41, 5.74) is 0.218. The molecule has 0 heterocycles. The van der Waals surface area contributed by atoms with Crippen LogP contribution in [0, 0.1) is 5.82 Å². The first kappa shape index (κ1) is 15.6. The molecule has 1 aromatic carbocycles. The van der Waals surface area contributed by atoms with Gasteiger partial charge in [-0.3, -0.25) is 4.79 Å². The van der Waals surface area contributed by atoms with E-state index in [0.717, 1.165) is 13.0 Å². The van der Waals surface area contributed by atoms with Crippen LogP contribution in [0.1, 0.15) is 13.3 Å². The van der Waals surface area contributed by atoms with Gasteiger partial charge in [-0.2, -0.15) is 0 Å². The monoisotopic (exact) mass is 267 g/mol. The molecule has 0 aliphatic heterocycles. The molecule has 2 N–H and O–H groups in total. The number of nitrogens with zero attached hydrogens (tertiary/aromatic N) is 1. The van der Waals surface area contributed by atoms with Crippen molar-refractivity contribution in [2.75, 3.05) is 32.5 Å². The zero-order valence-corrected chi connectivity index (χ0v) is 11.7. The molecule has 1 rings (SSSR count). The number of hydrogen-bond donors (Lipinski definition) is 2. The van der Waals surface area contributed by atoms with Crippen LogP contribution >= 0.6 is 0 Å². The average molecular weight is 267 g/mol. The van der Waals surface area contributed by atoms with Gasteiger partial charge in [0.2, 0.25) is 5.91 Å². The third-order valence-electron chi connectivity index (χ3n) is 2.77. The van der Waals surface area contributed by atoms with Crippen LogP contribution in [0.15, 0.2) is 24.3 Å². The highest BCUT2D eigenvalue weighted by atomic mass is 19.1. The molecule has 0 spiro atoms. The molecule has 0 saturated heterocycles. The van der Waals surface area contributed by atoms with Gasteiger partial charge in [0.1, 0.15) is 5.82 Å². The fraction of sp³-hybridized carbons (Fsp3) is 0.500. The second kappa shape index (κ2) is 7.86. The topological polar surface area (TPSA) is 44.4 Å². The van der Waals surface area contributed by atoms with Crippen molar-refractivity contribution in [3.8, 4) is 0 Å². The molecule has 1 atom stereocenters. The minimum absolute atomic E-state index is 0.183. The number of amides is 1. The molecule has 0 aromatic heterocycles. The largest absolute Gasteiger partial charge is 0.322 e. The maximum Gasteiger partial charge on any atom is 0.238 e. The van der Waals surface area contributed by atoms with Gasteiger partial charge in [-0.15, -0.1) is 0 Å². The quantitative estimate of drug-likeness (QED) is 0.790. The molecule has 0 bridgehead atoms. The Hall–Kier alpha value is -1.46. The van der Waals surface area contributed by atoms with E-state index in [4.69, 9.17) is 0 Å². The predicted molar refractivity (Wildman–Crippen MR) is 75.7 cm³/mol. The lowest BCUT2D eigenvalue weighted by Crippen LogP contribution is -2.36. The van der Waals surface area contributed by atoms with Gasteiger partial charge in [-0.25, -0.2) is 4.39 Å². The van der Waals surface area contributed by atoms with Crippen LogP contribution < -0.4 is 10.6 Å². The Morgan fingerprint density at radius 1 is 1.37 bits per heavy atom. The van der Waals surface area contributed by atoms with E-state index in [2.05, 4.69) is 15.5 Å². The number of nitrogens with one attached hydrogen (secondary N) is 2. The summed E-state index contributed by atoms with van der Waals surface area (Å²) >= 11 is 0. The van der Waals surface area contributed by atoms with Gasteiger partial charge in [0, 0.05) is 6.04 Å². The number of halogens is 1. The molecule has 19 heavy (non-hydrogen) atoms. The summed E-state index contributed by atoms with van der Waals surface area (Å²) in [7, 11) is 4.02. The van der Waals surface area contributed by atoms with Crippen LogP contribution in [0.25, 0.3) is 0 Å². The summed E-state index contributed by atoms with van der Waals surface area (Å²) in [5.74, 6) is -0.654. The Bertz CT molecular complexity index is 409. The van der Waals surface area contributed by atoms with E-state index < -0.39 is 5.82 Å². The molecule has 0 aliphatic rings. The van der Waals surface area contributed by atoms with E-state index in [9.17, 15) is 9.18 Å². The summed E-state index contributed by atoms with van der Waals surface area (Å²) in [4.78, 5) is 13.8. The van der Waals surface area contributed by atoms with Gasteiger partial charge in [-0.05, 0) is 46.1 Å². The van der Waals surface area contributed by atoms with Crippen molar-refractivity contribution in [2.24, 2.45) is 0 Å². The Morgan fingerprint density at radius 3 is 2.68 bits per heavy atom. The zero-order chi connectivity index (χ0) is 14.3.